The maximum atomic E-state index is 4.28. The highest BCUT2D eigenvalue weighted by atomic mass is 32.2. The zero-order valence-corrected chi connectivity index (χ0v) is 11.6. The van der Waals surface area contributed by atoms with Gasteiger partial charge >= 0.3 is 0 Å². The van der Waals surface area contributed by atoms with Crippen LogP contribution in [0, 0.1) is 5.92 Å². The normalized spacial score (nSPS) is 20.5. The fraction of sp³-hybridized carbons (Fsp3) is 0.692. The minimum Gasteiger partial charge on any atom is -0.370 e. The Bertz CT molecular complexity index is 415. The van der Waals surface area contributed by atoms with Crippen molar-refractivity contribution < 1.29 is 0 Å². The van der Waals surface area contributed by atoms with Gasteiger partial charge in [0.1, 0.15) is 18.0 Å². The molecule has 0 radical (unpaired) electrons. The third-order valence-corrected chi connectivity index (χ3v) is 5.19. The molecule has 5 heteroatoms. The molecule has 0 aromatic carbocycles. The van der Waals surface area contributed by atoms with E-state index in [0.29, 0.717) is 4.75 Å². The lowest BCUT2D eigenvalue weighted by atomic mass is 10.4. The average molecular weight is 264 g/mol. The van der Waals surface area contributed by atoms with Gasteiger partial charge in [-0.25, -0.2) is 9.97 Å². The SMILES string of the molecule is CSC1(CNc2cc(NCC3CC3)ncn2)CC1. The van der Waals surface area contributed by atoms with Gasteiger partial charge < -0.3 is 10.6 Å². The first-order valence-corrected chi connectivity index (χ1v) is 7.87. The molecule has 2 fully saturated rings. The summed E-state index contributed by atoms with van der Waals surface area (Å²) in [5, 5.41) is 6.81. The fourth-order valence-electron chi connectivity index (χ4n) is 1.97. The number of rotatable bonds is 7. The van der Waals surface area contributed by atoms with Crippen LogP contribution in [0.5, 0.6) is 0 Å². The van der Waals surface area contributed by atoms with Gasteiger partial charge in [0.05, 0.1) is 0 Å². The van der Waals surface area contributed by atoms with Gasteiger partial charge in [-0.15, -0.1) is 0 Å². The summed E-state index contributed by atoms with van der Waals surface area (Å²) in [6.45, 7) is 2.05. The first-order valence-electron chi connectivity index (χ1n) is 6.65. The molecule has 1 aromatic rings. The van der Waals surface area contributed by atoms with Gasteiger partial charge in [-0.05, 0) is 37.9 Å². The second-order valence-electron chi connectivity index (χ2n) is 5.35. The Kier molecular flexibility index (Phi) is 3.33. The van der Waals surface area contributed by atoms with E-state index in [1.807, 2.05) is 17.8 Å². The molecule has 0 amide bonds. The molecule has 18 heavy (non-hydrogen) atoms. The Balaban J connectivity index is 1.52. The molecule has 98 valence electrons. The fourth-order valence-corrected chi connectivity index (χ4v) is 2.69. The van der Waals surface area contributed by atoms with Crippen molar-refractivity contribution in [1.29, 1.82) is 0 Å². The number of nitrogens with zero attached hydrogens (tertiary/aromatic N) is 2. The topological polar surface area (TPSA) is 49.8 Å². The van der Waals surface area contributed by atoms with Crippen molar-refractivity contribution in [3.8, 4) is 0 Å². The van der Waals surface area contributed by atoms with E-state index in [1.54, 1.807) is 6.33 Å². The molecule has 0 atom stereocenters. The van der Waals surface area contributed by atoms with E-state index < -0.39 is 0 Å². The molecule has 2 N–H and O–H groups in total. The van der Waals surface area contributed by atoms with Crippen molar-refractivity contribution in [1.82, 2.24) is 9.97 Å². The van der Waals surface area contributed by atoms with E-state index in [0.717, 1.165) is 30.6 Å². The first-order chi connectivity index (χ1) is 8.80. The molecule has 0 bridgehead atoms. The van der Waals surface area contributed by atoms with E-state index >= 15 is 0 Å². The minimum absolute atomic E-state index is 0.465. The van der Waals surface area contributed by atoms with Crippen molar-refractivity contribution in [2.24, 2.45) is 5.92 Å². The summed E-state index contributed by atoms with van der Waals surface area (Å²) in [6, 6.07) is 2.01. The molecule has 1 heterocycles. The van der Waals surface area contributed by atoms with E-state index in [1.165, 1.54) is 25.7 Å². The van der Waals surface area contributed by atoms with Gasteiger partial charge in [0, 0.05) is 23.9 Å². The molecular weight excluding hydrogens is 244 g/mol. The Labute approximate surface area is 112 Å². The molecule has 0 saturated heterocycles. The number of hydrogen-bond acceptors (Lipinski definition) is 5. The minimum atomic E-state index is 0.465. The summed E-state index contributed by atoms with van der Waals surface area (Å²) < 4.78 is 0.465. The molecule has 0 spiro atoms. The Morgan fingerprint density at radius 1 is 1.28 bits per heavy atom. The third-order valence-electron chi connectivity index (χ3n) is 3.77. The zero-order valence-electron chi connectivity index (χ0n) is 10.8. The molecule has 0 aliphatic heterocycles. The van der Waals surface area contributed by atoms with E-state index in [9.17, 15) is 0 Å². The second-order valence-corrected chi connectivity index (χ2v) is 6.63. The van der Waals surface area contributed by atoms with Crippen molar-refractivity contribution in [2.75, 3.05) is 30.0 Å². The monoisotopic (exact) mass is 264 g/mol. The van der Waals surface area contributed by atoms with Gasteiger partial charge in [0.2, 0.25) is 0 Å². The van der Waals surface area contributed by atoms with Crippen LogP contribution in [0.4, 0.5) is 11.6 Å². The molecule has 4 nitrogen and oxygen atoms in total. The molecule has 1 aromatic heterocycles. The van der Waals surface area contributed by atoms with Crippen LogP contribution in [0.2, 0.25) is 0 Å². The standard InChI is InChI=1S/C13H20N4S/c1-18-13(4-5-13)8-15-12-6-11(16-9-17-12)14-7-10-2-3-10/h6,9-10H,2-5,7-8H2,1H3,(H2,14,15,16,17). The summed E-state index contributed by atoms with van der Waals surface area (Å²) in [7, 11) is 0. The van der Waals surface area contributed by atoms with E-state index in [2.05, 4.69) is 26.9 Å². The number of hydrogen-bond donors (Lipinski definition) is 2. The Hall–Kier alpha value is -0.970. The van der Waals surface area contributed by atoms with E-state index in [-0.39, 0.29) is 0 Å². The van der Waals surface area contributed by atoms with E-state index in [4.69, 9.17) is 0 Å². The van der Waals surface area contributed by atoms with Gasteiger partial charge in [-0.1, -0.05) is 0 Å². The van der Waals surface area contributed by atoms with Gasteiger partial charge in [-0.2, -0.15) is 11.8 Å². The third kappa shape index (κ3) is 3.07. The number of nitrogens with one attached hydrogen (secondary N) is 2. The largest absolute Gasteiger partial charge is 0.370 e. The summed E-state index contributed by atoms with van der Waals surface area (Å²) >= 11 is 1.96. The number of aromatic nitrogens is 2. The van der Waals surface area contributed by atoms with Crippen molar-refractivity contribution in [3.05, 3.63) is 12.4 Å². The lowest BCUT2D eigenvalue weighted by molar-refractivity contribution is 0.880. The van der Waals surface area contributed by atoms with Crippen LogP contribution >= 0.6 is 11.8 Å². The summed E-state index contributed by atoms with van der Waals surface area (Å²) in [5.41, 5.74) is 0. The van der Waals surface area contributed by atoms with Crippen LogP contribution in [0.15, 0.2) is 12.4 Å². The van der Waals surface area contributed by atoms with Crippen LogP contribution < -0.4 is 10.6 Å². The molecule has 2 saturated carbocycles. The van der Waals surface area contributed by atoms with Crippen LogP contribution in [0.3, 0.4) is 0 Å². The summed E-state index contributed by atoms with van der Waals surface area (Å²) in [6.07, 6.45) is 9.18. The van der Waals surface area contributed by atoms with Gasteiger partial charge in [0.15, 0.2) is 0 Å². The predicted octanol–water partition coefficient (Wildman–Crippen LogP) is 2.61. The van der Waals surface area contributed by atoms with Crippen LogP contribution in [0.1, 0.15) is 25.7 Å². The quantitative estimate of drug-likeness (QED) is 0.793. The van der Waals surface area contributed by atoms with Crippen molar-refractivity contribution >= 4 is 23.4 Å². The van der Waals surface area contributed by atoms with Gasteiger partial charge in [-0.3, -0.25) is 0 Å². The van der Waals surface area contributed by atoms with Crippen LogP contribution in [-0.4, -0.2) is 34.1 Å². The molecule has 2 aliphatic rings. The zero-order chi connectivity index (χ0) is 12.4. The Morgan fingerprint density at radius 2 is 2.00 bits per heavy atom. The summed E-state index contributed by atoms with van der Waals surface area (Å²) in [4.78, 5) is 8.53. The lowest BCUT2D eigenvalue weighted by Gasteiger charge is -2.14. The second kappa shape index (κ2) is 4.96. The highest BCUT2D eigenvalue weighted by Crippen LogP contribution is 2.46. The van der Waals surface area contributed by atoms with Crippen molar-refractivity contribution in [2.45, 2.75) is 30.4 Å². The van der Waals surface area contributed by atoms with Crippen molar-refractivity contribution in [3.63, 3.8) is 0 Å². The predicted molar refractivity (Wildman–Crippen MR) is 77.2 cm³/mol. The van der Waals surface area contributed by atoms with Crippen LogP contribution in [0.25, 0.3) is 0 Å². The molecular formula is C13H20N4S. The first kappa shape index (κ1) is 12.1. The van der Waals surface area contributed by atoms with Crippen LogP contribution in [-0.2, 0) is 0 Å². The summed E-state index contributed by atoms with van der Waals surface area (Å²) in [5.74, 6) is 2.74. The van der Waals surface area contributed by atoms with Gasteiger partial charge in [0.25, 0.3) is 0 Å². The average Bonchev–Trinajstić information content (AvgIpc) is 3.29. The maximum absolute atomic E-state index is 4.28. The molecule has 3 rings (SSSR count). The highest BCUT2D eigenvalue weighted by Gasteiger charge is 2.41. The highest BCUT2D eigenvalue weighted by molar-refractivity contribution is 8.00. The number of anilines is 2. The maximum Gasteiger partial charge on any atom is 0.131 e. The Morgan fingerprint density at radius 3 is 2.61 bits per heavy atom. The lowest BCUT2D eigenvalue weighted by Crippen LogP contribution is -2.18. The number of thioether (sulfide) groups is 1. The molecule has 2 aliphatic carbocycles. The molecule has 0 unspecified atom stereocenters. The smallest absolute Gasteiger partial charge is 0.131 e.